The smallest absolute Gasteiger partial charge is 0.416 e. The molecule has 0 heterocycles. The lowest BCUT2D eigenvalue weighted by Gasteiger charge is -2.13. The van der Waals surface area contributed by atoms with Gasteiger partial charge in [-0.2, -0.15) is 13.2 Å². The van der Waals surface area contributed by atoms with Crippen LogP contribution in [0, 0.1) is 0 Å². The molecule has 0 bridgehead atoms. The monoisotopic (exact) mass is 246 g/mol. The van der Waals surface area contributed by atoms with Gasteiger partial charge in [-0.25, -0.2) is 0 Å². The molecule has 0 aromatic heterocycles. The lowest BCUT2D eigenvalue weighted by molar-refractivity contribution is -0.141. The number of hydrogen-bond acceptors (Lipinski definition) is 2. The van der Waals surface area contributed by atoms with E-state index in [0.717, 1.165) is 18.7 Å². The average molecular weight is 246 g/mol. The van der Waals surface area contributed by atoms with Gasteiger partial charge in [-0.15, -0.1) is 0 Å². The molecule has 0 radical (unpaired) electrons. The van der Waals surface area contributed by atoms with Gasteiger partial charge in [0.05, 0.1) is 19.1 Å². The third-order valence-corrected chi connectivity index (χ3v) is 2.45. The van der Waals surface area contributed by atoms with E-state index < -0.39 is 17.7 Å². The number of carbonyl (C=O) groups is 1. The molecule has 0 aliphatic rings. The summed E-state index contributed by atoms with van der Waals surface area (Å²) in [5.74, 6) is -0.677. The second kappa shape index (κ2) is 5.21. The number of hydrogen-bond donors (Lipinski definition) is 0. The van der Waals surface area contributed by atoms with E-state index in [1.807, 2.05) is 6.92 Å². The number of alkyl halides is 3. The third kappa shape index (κ3) is 3.47. The van der Waals surface area contributed by atoms with E-state index >= 15 is 0 Å². The zero-order valence-electron chi connectivity index (χ0n) is 9.60. The van der Waals surface area contributed by atoms with Crippen LogP contribution in [0.2, 0.25) is 0 Å². The summed E-state index contributed by atoms with van der Waals surface area (Å²) in [7, 11) is 1.15. The largest absolute Gasteiger partial charge is 0.469 e. The Morgan fingerprint density at radius 1 is 1.35 bits per heavy atom. The molecule has 0 aliphatic heterocycles. The molecule has 0 spiro atoms. The fraction of sp³-hybridized carbons (Fsp3) is 0.417. The molecule has 0 amide bonds. The van der Waals surface area contributed by atoms with E-state index in [1.54, 1.807) is 0 Å². The summed E-state index contributed by atoms with van der Waals surface area (Å²) in [6, 6.07) is 3.83. The number of carbonyl (C=O) groups excluding carboxylic acids is 1. The lowest BCUT2D eigenvalue weighted by atomic mass is 10.00. The van der Waals surface area contributed by atoms with Crippen LogP contribution in [-0.4, -0.2) is 13.1 Å². The number of halogens is 3. The lowest BCUT2D eigenvalue weighted by Crippen LogP contribution is -2.13. The van der Waals surface area contributed by atoms with Crippen LogP contribution in [-0.2, 0) is 28.5 Å². The summed E-state index contributed by atoms with van der Waals surface area (Å²) in [4.78, 5) is 11.1. The van der Waals surface area contributed by atoms with Gasteiger partial charge in [-0.1, -0.05) is 19.1 Å². The Bertz CT molecular complexity index is 411. The number of esters is 1. The Balaban J connectivity index is 3.16. The summed E-state index contributed by atoms with van der Waals surface area (Å²) in [5.41, 5.74) is -0.0549. The van der Waals surface area contributed by atoms with Crippen molar-refractivity contribution in [2.45, 2.75) is 25.9 Å². The second-order valence-corrected chi connectivity index (χ2v) is 3.60. The number of benzene rings is 1. The van der Waals surface area contributed by atoms with Crippen LogP contribution in [0.1, 0.15) is 23.6 Å². The Labute approximate surface area is 97.4 Å². The minimum Gasteiger partial charge on any atom is -0.469 e. The van der Waals surface area contributed by atoms with Gasteiger partial charge < -0.3 is 4.74 Å². The van der Waals surface area contributed by atoms with Gasteiger partial charge in [0.2, 0.25) is 0 Å². The zero-order valence-corrected chi connectivity index (χ0v) is 9.60. The average Bonchev–Trinajstić information content (AvgIpc) is 2.27. The highest BCUT2D eigenvalue weighted by molar-refractivity contribution is 5.73. The molecule has 0 unspecified atom stereocenters. The van der Waals surface area contributed by atoms with Crippen molar-refractivity contribution in [3.05, 3.63) is 34.9 Å². The van der Waals surface area contributed by atoms with Crippen LogP contribution >= 0.6 is 0 Å². The maximum absolute atomic E-state index is 12.7. The number of methoxy groups -OCH3 is 1. The summed E-state index contributed by atoms with van der Waals surface area (Å²) in [5, 5.41) is 0. The van der Waals surface area contributed by atoms with Crippen LogP contribution in [0.25, 0.3) is 0 Å². The predicted octanol–water partition coefficient (Wildman–Crippen LogP) is 2.98. The van der Waals surface area contributed by atoms with Gasteiger partial charge in [0, 0.05) is 0 Å². The molecule has 0 aliphatic carbocycles. The molecular weight excluding hydrogens is 233 g/mol. The Hall–Kier alpha value is -1.52. The zero-order chi connectivity index (χ0) is 13.1. The van der Waals surface area contributed by atoms with E-state index in [4.69, 9.17) is 0 Å². The highest BCUT2D eigenvalue weighted by Gasteiger charge is 2.33. The molecule has 0 fully saturated rings. The van der Waals surface area contributed by atoms with Gasteiger partial charge in [-0.05, 0) is 23.6 Å². The molecule has 0 saturated heterocycles. The van der Waals surface area contributed by atoms with E-state index in [2.05, 4.69) is 4.74 Å². The highest BCUT2D eigenvalue weighted by atomic mass is 19.4. The van der Waals surface area contributed by atoms with Gasteiger partial charge >= 0.3 is 12.1 Å². The topological polar surface area (TPSA) is 26.3 Å². The van der Waals surface area contributed by atoms with Crippen LogP contribution in [0.4, 0.5) is 13.2 Å². The van der Waals surface area contributed by atoms with Crippen molar-refractivity contribution in [3.63, 3.8) is 0 Å². The van der Waals surface area contributed by atoms with Gasteiger partial charge in [0.15, 0.2) is 0 Å². The van der Waals surface area contributed by atoms with Crippen LogP contribution in [0.15, 0.2) is 18.2 Å². The molecule has 1 aromatic carbocycles. The number of rotatable bonds is 3. The van der Waals surface area contributed by atoms with Crippen molar-refractivity contribution in [1.82, 2.24) is 0 Å². The number of aryl methyl sites for hydroxylation is 1. The molecule has 2 nitrogen and oxygen atoms in total. The summed E-state index contributed by atoms with van der Waals surface area (Å²) in [6.45, 7) is 1.84. The molecule has 0 atom stereocenters. The van der Waals surface area contributed by atoms with Crippen molar-refractivity contribution >= 4 is 5.97 Å². The predicted molar refractivity (Wildman–Crippen MR) is 56.5 cm³/mol. The Morgan fingerprint density at radius 3 is 2.47 bits per heavy atom. The molecule has 94 valence electrons. The minimum atomic E-state index is -4.45. The highest BCUT2D eigenvalue weighted by Crippen LogP contribution is 2.32. The van der Waals surface area contributed by atoms with Crippen LogP contribution in [0.5, 0.6) is 0 Å². The molecule has 1 rings (SSSR count). The molecule has 17 heavy (non-hydrogen) atoms. The van der Waals surface area contributed by atoms with Crippen molar-refractivity contribution in [1.29, 1.82) is 0 Å². The molecule has 0 saturated carbocycles. The SMILES string of the molecule is CCc1ccc(C(F)(F)F)c(CC(=O)OC)c1. The maximum Gasteiger partial charge on any atom is 0.416 e. The van der Waals surface area contributed by atoms with E-state index in [1.165, 1.54) is 12.1 Å². The standard InChI is InChI=1S/C12H13F3O2/c1-3-8-4-5-10(12(13,14)15)9(6-8)7-11(16)17-2/h4-6H,3,7H2,1-2H3. The fourth-order valence-corrected chi connectivity index (χ4v) is 1.52. The van der Waals surface area contributed by atoms with E-state index in [9.17, 15) is 18.0 Å². The molecule has 5 heteroatoms. The van der Waals surface area contributed by atoms with Crippen molar-refractivity contribution < 1.29 is 22.7 Å². The Morgan fingerprint density at radius 2 is 2.00 bits per heavy atom. The van der Waals surface area contributed by atoms with Crippen molar-refractivity contribution in [2.75, 3.05) is 7.11 Å². The van der Waals surface area contributed by atoms with Gasteiger partial charge in [0.1, 0.15) is 0 Å². The Kier molecular flexibility index (Phi) is 4.15. The molecule has 0 N–H and O–H groups in total. The van der Waals surface area contributed by atoms with Crippen molar-refractivity contribution in [3.8, 4) is 0 Å². The van der Waals surface area contributed by atoms with Crippen LogP contribution in [0.3, 0.4) is 0 Å². The quantitative estimate of drug-likeness (QED) is 0.766. The van der Waals surface area contributed by atoms with Gasteiger partial charge in [0.25, 0.3) is 0 Å². The maximum atomic E-state index is 12.7. The number of ether oxygens (including phenoxy) is 1. The van der Waals surface area contributed by atoms with Crippen molar-refractivity contribution in [2.24, 2.45) is 0 Å². The fourth-order valence-electron chi connectivity index (χ4n) is 1.52. The van der Waals surface area contributed by atoms with Crippen LogP contribution < -0.4 is 0 Å². The minimum absolute atomic E-state index is 0.0382. The molecule has 1 aromatic rings. The van der Waals surface area contributed by atoms with Gasteiger partial charge in [-0.3, -0.25) is 4.79 Å². The molecular formula is C12H13F3O2. The second-order valence-electron chi connectivity index (χ2n) is 3.60. The first-order valence-electron chi connectivity index (χ1n) is 5.14. The first kappa shape index (κ1) is 13.5. The summed E-state index contributed by atoms with van der Waals surface area (Å²) < 4.78 is 42.4. The first-order chi connectivity index (χ1) is 7.88. The van der Waals surface area contributed by atoms with E-state index in [0.29, 0.717) is 6.42 Å². The summed E-state index contributed by atoms with van der Waals surface area (Å²) >= 11 is 0. The first-order valence-corrected chi connectivity index (χ1v) is 5.14. The van der Waals surface area contributed by atoms with E-state index in [-0.39, 0.29) is 12.0 Å². The summed E-state index contributed by atoms with van der Waals surface area (Å²) in [6.07, 6.45) is -4.19. The third-order valence-electron chi connectivity index (χ3n) is 2.45. The normalized spacial score (nSPS) is 11.4.